The van der Waals surface area contributed by atoms with Crippen molar-refractivity contribution in [3.8, 4) is 0 Å². The van der Waals surface area contributed by atoms with E-state index in [4.69, 9.17) is 29.4 Å². The number of hydrogen-bond acceptors (Lipinski definition) is 8. The Morgan fingerprint density at radius 1 is 0.635 bits per heavy atom. The molecule has 4 N–H and O–H groups in total. The van der Waals surface area contributed by atoms with Crippen LogP contribution in [0.15, 0.2) is 60.8 Å². The summed E-state index contributed by atoms with van der Waals surface area (Å²) in [4.78, 5) is 33.4. The van der Waals surface area contributed by atoms with E-state index >= 15 is 0 Å². The summed E-state index contributed by atoms with van der Waals surface area (Å²) in [5.74, 6) is -1.81. The minimum Gasteiger partial charge on any atom is -0.480 e. The number of carboxylic acids is 1. The molecule has 0 radical (unpaired) electrons. The summed E-state index contributed by atoms with van der Waals surface area (Å²) in [6.07, 6.45) is 42.7. The molecule has 300 valence electrons. The van der Waals surface area contributed by atoms with Crippen LogP contribution in [0.2, 0.25) is 0 Å². The van der Waals surface area contributed by atoms with E-state index in [-0.39, 0.29) is 13.0 Å². The maximum absolute atomic E-state index is 12.6. The van der Waals surface area contributed by atoms with Crippen molar-refractivity contribution in [1.82, 2.24) is 0 Å². The first-order valence-corrected chi connectivity index (χ1v) is 21.3. The molecule has 0 aromatic carbocycles. The molecule has 0 saturated heterocycles. The summed E-state index contributed by atoms with van der Waals surface area (Å²) >= 11 is 0. The summed E-state index contributed by atoms with van der Waals surface area (Å²) in [7, 11) is -4.62. The van der Waals surface area contributed by atoms with Crippen LogP contribution in [-0.4, -0.2) is 60.5 Å². The van der Waals surface area contributed by atoms with Gasteiger partial charge in [0.2, 0.25) is 0 Å². The number of hydrogen-bond donors (Lipinski definition) is 3. The molecule has 0 aliphatic heterocycles. The van der Waals surface area contributed by atoms with Crippen LogP contribution in [0.3, 0.4) is 0 Å². The predicted octanol–water partition coefficient (Wildman–Crippen LogP) is 10.5. The maximum Gasteiger partial charge on any atom is 0.472 e. The fourth-order valence-electron chi connectivity index (χ4n) is 4.93. The van der Waals surface area contributed by atoms with Crippen molar-refractivity contribution < 1.29 is 42.7 Å². The molecular formula is C41H72NO9P. The Bertz CT molecular complexity index is 1060. The molecule has 0 amide bonds. The molecule has 52 heavy (non-hydrogen) atoms. The molecule has 0 aromatic heterocycles. The molecule has 0 bridgehead atoms. The molecule has 0 rings (SSSR count). The maximum atomic E-state index is 12.6. The number of phosphoric acid groups is 1. The van der Waals surface area contributed by atoms with E-state index in [1.165, 1.54) is 25.7 Å². The SMILES string of the molecule is CC/C=C\C/C=C\C/C=C\CCCCCCCCOCC(COP(=O)(O)OCC(N)C(=O)O)OC(=O)CCCCCCC/C=C\C/C=C\CCCC. The second kappa shape index (κ2) is 37.0. The van der Waals surface area contributed by atoms with Gasteiger partial charge in [0, 0.05) is 13.0 Å². The molecule has 0 aliphatic rings. The number of carbonyl (C=O) groups excluding carboxylic acids is 1. The summed E-state index contributed by atoms with van der Waals surface area (Å²) < 4.78 is 33.2. The van der Waals surface area contributed by atoms with Crippen LogP contribution in [0.4, 0.5) is 0 Å². The summed E-state index contributed by atoms with van der Waals surface area (Å²) in [6, 6.07) is -1.48. The highest BCUT2D eigenvalue weighted by atomic mass is 31.2. The van der Waals surface area contributed by atoms with Crippen molar-refractivity contribution in [3.63, 3.8) is 0 Å². The molecule has 3 atom stereocenters. The monoisotopic (exact) mass is 753 g/mol. The second-order valence-corrected chi connectivity index (χ2v) is 14.5. The lowest BCUT2D eigenvalue weighted by molar-refractivity contribution is -0.154. The molecule has 0 saturated carbocycles. The molecule has 0 fully saturated rings. The van der Waals surface area contributed by atoms with Crippen molar-refractivity contribution in [2.75, 3.05) is 26.4 Å². The number of carboxylic acid groups (broad SMARTS) is 1. The van der Waals surface area contributed by atoms with Gasteiger partial charge in [0.15, 0.2) is 0 Å². The third-order valence-electron chi connectivity index (χ3n) is 8.03. The number of phosphoric ester groups is 1. The normalized spacial score (nSPS) is 14.7. The van der Waals surface area contributed by atoms with Gasteiger partial charge >= 0.3 is 19.8 Å². The van der Waals surface area contributed by atoms with Gasteiger partial charge in [-0.15, -0.1) is 0 Å². The van der Waals surface area contributed by atoms with Crippen LogP contribution in [0.1, 0.15) is 149 Å². The first-order chi connectivity index (χ1) is 25.2. The first kappa shape index (κ1) is 49.7. The number of nitrogens with two attached hydrogens (primary N) is 1. The van der Waals surface area contributed by atoms with Crippen LogP contribution in [0.5, 0.6) is 0 Å². The number of rotatable bonds is 37. The highest BCUT2D eigenvalue weighted by molar-refractivity contribution is 7.47. The van der Waals surface area contributed by atoms with Crippen molar-refractivity contribution in [3.05, 3.63) is 60.8 Å². The number of aliphatic carboxylic acids is 1. The van der Waals surface area contributed by atoms with Crippen LogP contribution >= 0.6 is 7.82 Å². The summed E-state index contributed by atoms with van der Waals surface area (Å²) in [5, 5.41) is 8.87. The Balaban J connectivity index is 4.34. The molecule has 0 spiro atoms. The highest BCUT2D eigenvalue weighted by Gasteiger charge is 2.27. The lowest BCUT2D eigenvalue weighted by Crippen LogP contribution is -2.34. The molecule has 0 heterocycles. The summed E-state index contributed by atoms with van der Waals surface area (Å²) in [5.41, 5.74) is 5.34. The number of unbranched alkanes of at least 4 members (excludes halogenated alkanes) is 13. The van der Waals surface area contributed by atoms with Crippen LogP contribution in [-0.2, 0) is 32.7 Å². The highest BCUT2D eigenvalue weighted by Crippen LogP contribution is 2.43. The second-order valence-electron chi connectivity index (χ2n) is 13.0. The van der Waals surface area contributed by atoms with Gasteiger partial charge in [0.05, 0.1) is 19.8 Å². The minimum absolute atomic E-state index is 0.000603. The fourth-order valence-corrected chi connectivity index (χ4v) is 5.70. The molecule has 11 heteroatoms. The topological polar surface area (TPSA) is 155 Å². The van der Waals surface area contributed by atoms with Gasteiger partial charge in [0.25, 0.3) is 0 Å². The Morgan fingerprint density at radius 3 is 1.67 bits per heavy atom. The number of allylic oxidation sites excluding steroid dienone is 10. The van der Waals surface area contributed by atoms with Crippen molar-refractivity contribution in [2.24, 2.45) is 5.73 Å². The zero-order valence-corrected chi connectivity index (χ0v) is 33.3. The average molecular weight is 754 g/mol. The van der Waals surface area contributed by atoms with Gasteiger partial charge in [0.1, 0.15) is 12.1 Å². The number of carbonyl (C=O) groups is 2. The van der Waals surface area contributed by atoms with Gasteiger partial charge in [-0.05, 0) is 70.6 Å². The van der Waals surface area contributed by atoms with E-state index in [0.29, 0.717) is 13.0 Å². The number of esters is 1. The van der Waals surface area contributed by atoms with Crippen LogP contribution in [0.25, 0.3) is 0 Å². The lowest BCUT2D eigenvalue weighted by atomic mass is 10.1. The van der Waals surface area contributed by atoms with E-state index in [1.807, 2.05) is 0 Å². The molecular weight excluding hydrogens is 681 g/mol. The van der Waals surface area contributed by atoms with Crippen LogP contribution < -0.4 is 5.73 Å². The van der Waals surface area contributed by atoms with Gasteiger partial charge in [-0.3, -0.25) is 18.6 Å². The van der Waals surface area contributed by atoms with Crippen molar-refractivity contribution in [1.29, 1.82) is 0 Å². The molecule has 3 unspecified atom stereocenters. The van der Waals surface area contributed by atoms with Gasteiger partial charge in [-0.1, -0.05) is 132 Å². The Hall–Kier alpha value is -2.33. The standard InChI is InChI=1S/C41H72NO9P/c1-3-5-7-9-11-13-15-17-19-20-22-24-26-28-30-32-34-48-35-38(36-49-52(46,47)50-37-39(42)41(44)45)51-40(43)33-31-29-27-25-23-21-18-16-14-12-10-8-6-4-2/h5,7,10-13,16-19,38-39H,3-4,6,8-9,14-15,20-37,42H2,1-2H3,(H,44,45)(H,46,47)/b7-5-,12-10-,13-11-,18-16-,19-17-. The molecule has 0 aromatic rings. The predicted molar refractivity (Wildman–Crippen MR) is 212 cm³/mol. The Morgan fingerprint density at radius 2 is 1.12 bits per heavy atom. The van der Waals surface area contributed by atoms with Gasteiger partial charge in [-0.25, -0.2) is 4.57 Å². The zero-order chi connectivity index (χ0) is 38.4. The van der Waals surface area contributed by atoms with Crippen molar-refractivity contribution in [2.45, 2.75) is 161 Å². The average Bonchev–Trinajstić information content (AvgIpc) is 3.12. The Labute approximate surface area is 315 Å². The first-order valence-electron chi connectivity index (χ1n) is 19.8. The third kappa shape index (κ3) is 36.0. The van der Waals surface area contributed by atoms with E-state index in [1.54, 1.807) is 0 Å². The minimum atomic E-state index is -4.62. The zero-order valence-electron chi connectivity index (χ0n) is 32.4. The third-order valence-corrected chi connectivity index (χ3v) is 8.98. The quantitative estimate of drug-likeness (QED) is 0.0242. The number of ether oxygens (including phenoxy) is 2. The van der Waals surface area contributed by atoms with Gasteiger partial charge in [-0.2, -0.15) is 0 Å². The van der Waals surface area contributed by atoms with E-state index in [0.717, 1.165) is 96.3 Å². The molecule has 0 aliphatic carbocycles. The largest absolute Gasteiger partial charge is 0.480 e. The fraction of sp³-hybridized carbons (Fsp3) is 0.707. The van der Waals surface area contributed by atoms with E-state index in [9.17, 15) is 19.0 Å². The van der Waals surface area contributed by atoms with E-state index in [2.05, 4.69) is 74.6 Å². The van der Waals surface area contributed by atoms with Crippen LogP contribution in [0, 0.1) is 0 Å². The smallest absolute Gasteiger partial charge is 0.472 e. The molecule has 10 nitrogen and oxygen atoms in total. The van der Waals surface area contributed by atoms with E-state index < -0.39 is 45.1 Å². The summed E-state index contributed by atoms with van der Waals surface area (Å²) in [6.45, 7) is 3.66. The van der Waals surface area contributed by atoms with Crippen molar-refractivity contribution >= 4 is 19.8 Å². The lowest BCUT2D eigenvalue weighted by Gasteiger charge is -2.20. The Kier molecular flexibility index (Phi) is 35.3. The van der Waals surface area contributed by atoms with Gasteiger partial charge < -0.3 is 25.2 Å².